The van der Waals surface area contributed by atoms with Crippen LogP contribution in [0.4, 0.5) is 5.82 Å². The Hall–Kier alpha value is -4.04. The van der Waals surface area contributed by atoms with Gasteiger partial charge in [-0.25, -0.2) is 4.98 Å². The Bertz CT molecular complexity index is 1400. The largest absolute Gasteiger partial charge is 0.339 e. The number of imidazole rings is 1. The number of rotatable bonds is 6. The van der Waals surface area contributed by atoms with Gasteiger partial charge in [0.1, 0.15) is 5.65 Å². The van der Waals surface area contributed by atoms with Crippen molar-refractivity contribution in [2.45, 2.75) is 26.2 Å². The number of benzene rings is 1. The molecule has 1 saturated heterocycles. The third-order valence-corrected chi connectivity index (χ3v) is 7.22. The molecule has 1 aliphatic heterocycles. The van der Waals surface area contributed by atoms with E-state index < -0.39 is 5.41 Å². The summed E-state index contributed by atoms with van der Waals surface area (Å²) in [5.41, 5.74) is 3.56. The van der Waals surface area contributed by atoms with Crippen molar-refractivity contribution < 1.29 is 9.59 Å². The average Bonchev–Trinajstić information content (AvgIpc) is 3.34. The topological polar surface area (TPSA) is 82.8 Å². The molecule has 0 radical (unpaired) electrons. The Labute approximate surface area is 217 Å². The van der Waals surface area contributed by atoms with Crippen molar-refractivity contribution in [1.29, 1.82) is 0 Å². The number of piperazine rings is 1. The second-order valence-electron chi connectivity index (χ2n) is 9.93. The van der Waals surface area contributed by atoms with Crippen LogP contribution in [0.15, 0.2) is 73.3 Å². The second-order valence-corrected chi connectivity index (χ2v) is 9.93. The molecule has 1 N–H and O–H groups in total. The number of fused-ring (bicyclic) bond motifs is 1. The zero-order valence-electron chi connectivity index (χ0n) is 21.5. The van der Waals surface area contributed by atoms with Crippen molar-refractivity contribution in [2.24, 2.45) is 0 Å². The van der Waals surface area contributed by atoms with Gasteiger partial charge in [0, 0.05) is 50.3 Å². The quantitative estimate of drug-likeness (QED) is 0.435. The molecule has 0 atom stereocenters. The van der Waals surface area contributed by atoms with Gasteiger partial charge in [0.25, 0.3) is 5.91 Å². The first kappa shape index (κ1) is 24.6. The van der Waals surface area contributed by atoms with Crippen LogP contribution in [0.1, 0.15) is 36.7 Å². The Kier molecular flexibility index (Phi) is 6.76. The van der Waals surface area contributed by atoms with Gasteiger partial charge in [-0.3, -0.25) is 14.6 Å². The molecule has 0 saturated carbocycles. The first-order chi connectivity index (χ1) is 17.8. The van der Waals surface area contributed by atoms with Crippen LogP contribution in [-0.4, -0.2) is 68.7 Å². The van der Waals surface area contributed by atoms with E-state index in [1.807, 2.05) is 65.7 Å². The molecule has 2 amide bonds. The first-order valence-electron chi connectivity index (χ1n) is 12.7. The zero-order chi connectivity index (χ0) is 26.0. The van der Waals surface area contributed by atoms with E-state index in [2.05, 4.69) is 27.1 Å². The predicted octanol–water partition coefficient (Wildman–Crippen LogP) is 4.09. The van der Waals surface area contributed by atoms with E-state index in [-0.39, 0.29) is 11.8 Å². The van der Waals surface area contributed by atoms with E-state index in [4.69, 9.17) is 0 Å². The summed E-state index contributed by atoms with van der Waals surface area (Å²) in [7, 11) is 0. The second kappa shape index (κ2) is 10.1. The summed E-state index contributed by atoms with van der Waals surface area (Å²) in [6.45, 7) is 10.4. The van der Waals surface area contributed by atoms with Crippen LogP contribution in [0.3, 0.4) is 0 Å². The third kappa shape index (κ3) is 5.11. The molecule has 0 aliphatic carbocycles. The summed E-state index contributed by atoms with van der Waals surface area (Å²) in [6.07, 6.45) is 7.29. The number of carbonyl (C=O) groups excluding carboxylic acids is 2. The number of pyridine rings is 2. The van der Waals surface area contributed by atoms with Gasteiger partial charge in [0.05, 0.1) is 11.6 Å². The molecule has 1 aliphatic rings. The lowest BCUT2D eigenvalue weighted by Gasteiger charge is -2.38. The Morgan fingerprint density at radius 3 is 2.27 bits per heavy atom. The van der Waals surface area contributed by atoms with Crippen LogP contribution >= 0.6 is 0 Å². The molecule has 5 rings (SSSR count). The minimum atomic E-state index is -0.669. The van der Waals surface area contributed by atoms with E-state index in [0.29, 0.717) is 11.4 Å². The molecule has 0 unspecified atom stereocenters. The summed E-state index contributed by atoms with van der Waals surface area (Å²) < 4.78 is 1.89. The molecule has 1 aromatic carbocycles. The number of anilines is 1. The number of hydrogen-bond donors (Lipinski definition) is 1. The van der Waals surface area contributed by atoms with Gasteiger partial charge < -0.3 is 19.5 Å². The summed E-state index contributed by atoms with van der Waals surface area (Å²) in [5.74, 6) is 0.350. The van der Waals surface area contributed by atoms with Crippen LogP contribution in [0.2, 0.25) is 0 Å². The molecule has 3 aromatic heterocycles. The van der Waals surface area contributed by atoms with E-state index in [0.717, 1.165) is 55.1 Å². The molecule has 190 valence electrons. The third-order valence-electron chi connectivity index (χ3n) is 7.22. The summed E-state index contributed by atoms with van der Waals surface area (Å²) >= 11 is 0. The minimum Gasteiger partial charge on any atom is -0.339 e. The molecule has 4 heterocycles. The number of likely N-dealkylation sites (N-methyl/N-ethyl adjacent to an activating group) is 1. The standard InChI is InChI=1S/C29H32N6O2/c1-4-33-15-17-34(18-16-33)28(37)29(2,3)24-8-5-22(6-9-24)27(36)32-25-20-35-19-23(7-10-26(35)31-25)21-11-13-30-14-12-21/h5-14,19-20H,4,15-18H2,1-3H3,(H,32,36). The summed E-state index contributed by atoms with van der Waals surface area (Å²) in [4.78, 5) is 39.1. The van der Waals surface area contributed by atoms with Crippen LogP contribution in [0.5, 0.6) is 0 Å². The normalized spacial score (nSPS) is 14.6. The highest BCUT2D eigenvalue weighted by Crippen LogP contribution is 2.27. The van der Waals surface area contributed by atoms with Crippen molar-refractivity contribution in [2.75, 3.05) is 38.0 Å². The minimum absolute atomic E-state index is 0.122. The molecule has 37 heavy (non-hydrogen) atoms. The lowest BCUT2D eigenvalue weighted by molar-refractivity contribution is -0.138. The van der Waals surface area contributed by atoms with E-state index in [1.165, 1.54) is 0 Å². The van der Waals surface area contributed by atoms with Gasteiger partial charge in [-0.2, -0.15) is 0 Å². The molecule has 8 nitrogen and oxygen atoms in total. The van der Waals surface area contributed by atoms with E-state index in [1.54, 1.807) is 30.7 Å². The molecular formula is C29H32N6O2. The van der Waals surface area contributed by atoms with Gasteiger partial charge >= 0.3 is 0 Å². The summed E-state index contributed by atoms with van der Waals surface area (Å²) in [6, 6.07) is 15.1. The van der Waals surface area contributed by atoms with Crippen molar-refractivity contribution >= 4 is 23.3 Å². The highest BCUT2D eigenvalue weighted by atomic mass is 16.2. The lowest BCUT2D eigenvalue weighted by atomic mass is 9.82. The number of nitrogens with one attached hydrogen (secondary N) is 1. The number of amides is 2. The van der Waals surface area contributed by atoms with Crippen molar-refractivity contribution in [3.05, 3.63) is 84.4 Å². The smallest absolute Gasteiger partial charge is 0.256 e. The maximum atomic E-state index is 13.3. The van der Waals surface area contributed by atoms with Crippen LogP contribution in [0, 0.1) is 0 Å². The number of aromatic nitrogens is 3. The Morgan fingerprint density at radius 2 is 1.59 bits per heavy atom. The SMILES string of the molecule is CCN1CCN(C(=O)C(C)(C)c2ccc(C(=O)Nc3cn4cc(-c5ccncc5)ccc4n3)cc2)CC1. The molecule has 8 heteroatoms. The maximum absolute atomic E-state index is 13.3. The van der Waals surface area contributed by atoms with Crippen molar-refractivity contribution in [1.82, 2.24) is 24.2 Å². The Morgan fingerprint density at radius 1 is 0.892 bits per heavy atom. The van der Waals surface area contributed by atoms with Gasteiger partial charge in [0.15, 0.2) is 5.82 Å². The number of nitrogens with zero attached hydrogens (tertiary/aromatic N) is 5. The predicted molar refractivity (Wildman–Crippen MR) is 145 cm³/mol. The molecule has 0 spiro atoms. The van der Waals surface area contributed by atoms with Crippen LogP contribution < -0.4 is 5.32 Å². The monoisotopic (exact) mass is 496 g/mol. The maximum Gasteiger partial charge on any atom is 0.256 e. The van der Waals surface area contributed by atoms with Gasteiger partial charge in [-0.1, -0.05) is 19.1 Å². The number of carbonyl (C=O) groups is 2. The molecule has 0 bridgehead atoms. The van der Waals surface area contributed by atoms with E-state index >= 15 is 0 Å². The van der Waals surface area contributed by atoms with Crippen LogP contribution in [-0.2, 0) is 10.2 Å². The Balaban J connectivity index is 1.26. The highest BCUT2D eigenvalue weighted by Gasteiger charge is 2.35. The van der Waals surface area contributed by atoms with Gasteiger partial charge in [0.2, 0.25) is 5.91 Å². The fraction of sp³-hybridized carbons (Fsp3) is 0.310. The first-order valence-corrected chi connectivity index (χ1v) is 12.7. The van der Waals surface area contributed by atoms with E-state index in [9.17, 15) is 9.59 Å². The fourth-order valence-corrected chi connectivity index (χ4v) is 4.78. The average molecular weight is 497 g/mol. The molecule has 1 fully saturated rings. The van der Waals surface area contributed by atoms with Crippen molar-refractivity contribution in [3.63, 3.8) is 0 Å². The van der Waals surface area contributed by atoms with Gasteiger partial charge in [-0.05, 0) is 73.5 Å². The highest BCUT2D eigenvalue weighted by molar-refractivity contribution is 6.04. The van der Waals surface area contributed by atoms with Crippen molar-refractivity contribution in [3.8, 4) is 11.1 Å². The van der Waals surface area contributed by atoms with Gasteiger partial charge in [-0.15, -0.1) is 0 Å². The summed E-state index contributed by atoms with van der Waals surface area (Å²) in [5, 5.41) is 2.89. The van der Waals surface area contributed by atoms with Crippen LogP contribution in [0.25, 0.3) is 16.8 Å². The lowest BCUT2D eigenvalue weighted by Crippen LogP contribution is -2.53. The molecule has 4 aromatic rings. The number of hydrogen-bond acceptors (Lipinski definition) is 5. The fourth-order valence-electron chi connectivity index (χ4n) is 4.78. The molecular weight excluding hydrogens is 464 g/mol. The zero-order valence-corrected chi connectivity index (χ0v) is 21.5.